The zero-order chi connectivity index (χ0) is 35.8. The van der Waals surface area contributed by atoms with Gasteiger partial charge in [0.25, 0.3) is 0 Å². The minimum atomic E-state index is 0.578. The summed E-state index contributed by atoms with van der Waals surface area (Å²) in [6, 6.07) is 67.0. The van der Waals surface area contributed by atoms with Gasteiger partial charge in [0, 0.05) is 44.5 Å². The van der Waals surface area contributed by atoms with Gasteiger partial charge in [-0.15, -0.1) is 0 Å². The minimum Gasteiger partial charge on any atom is -0.456 e. The molecule has 54 heavy (non-hydrogen) atoms. The third-order valence-corrected chi connectivity index (χ3v) is 9.88. The molecule has 0 aliphatic carbocycles. The van der Waals surface area contributed by atoms with Gasteiger partial charge in [-0.3, -0.25) is 0 Å². The van der Waals surface area contributed by atoms with E-state index in [1.807, 2.05) is 72.8 Å². The van der Waals surface area contributed by atoms with E-state index in [0.29, 0.717) is 17.5 Å². The number of aromatic nitrogens is 3. The molecule has 10 aromatic rings. The van der Waals surface area contributed by atoms with Crippen molar-refractivity contribution in [1.82, 2.24) is 15.0 Å². The van der Waals surface area contributed by atoms with Crippen molar-refractivity contribution in [3.05, 3.63) is 194 Å². The number of nitrogens with zero attached hydrogens (tertiary/aromatic N) is 4. The Balaban J connectivity index is 1.14. The van der Waals surface area contributed by atoms with Crippen LogP contribution in [0.15, 0.2) is 199 Å². The second-order valence-corrected chi connectivity index (χ2v) is 13.3. The SMILES string of the molecule is c1ccc(-c2nc(-c3ccccc3)nc(-c3cc(-c4ccc(N(c5ccccc5)c5ccc6ccccc6c5)cc4)c4c(c3)oc3ccccc34)n2)cc1. The molecule has 0 atom stereocenters. The largest absolute Gasteiger partial charge is 0.456 e. The third-order valence-electron chi connectivity index (χ3n) is 9.88. The quantitative estimate of drug-likeness (QED) is 0.166. The molecule has 0 bridgehead atoms. The fourth-order valence-corrected chi connectivity index (χ4v) is 7.28. The van der Waals surface area contributed by atoms with Crippen LogP contribution in [0, 0.1) is 0 Å². The Bertz CT molecular complexity index is 2870. The molecule has 0 aliphatic rings. The summed E-state index contributed by atoms with van der Waals surface area (Å²) in [6.07, 6.45) is 0. The van der Waals surface area contributed by atoms with Crippen molar-refractivity contribution >= 4 is 49.8 Å². The summed E-state index contributed by atoms with van der Waals surface area (Å²) in [5.41, 5.74) is 9.64. The molecule has 2 aromatic heterocycles. The Labute approximate surface area is 312 Å². The molecule has 0 aliphatic heterocycles. The van der Waals surface area contributed by atoms with Crippen LogP contribution in [0.2, 0.25) is 0 Å². The van der Waals surface area contributed by atoms with Crippen LogP contribution in [0.5, 0.6) is 0 Å². The monoisotopic (exact) mass is 692 g/mol. The molecule has 0 N–H and O–H groups in total. The molecule has 0 fully saturated rings. The average Bonchev–Trinajstić information content (AvgIpc) is 3.63. The number of para-hydroxylation sites is 2. The number of fused-ring (bicyclic) bond motifs is 4. The highest BCUT2D eigenvalue weighted by atomic mass is 16.3. The van der Waals surface area contributed by atoms with Crippen LogP contribution >= 0.6 is 0 Å². The van der Waals surface area contributed by atoms with E-state index in [2.05, 4.69) is 126 Å². The van der Waals surface area contributed by atoms with E-state index in [1.165, 1.54) is 10.8 Å². The first-order chi connectivity index (χ1) is 26.7. The number of hydrogen-bond acceptors (Lipinski definition) is 5. The summed E-state index contributed by atoms with van der Waals surface area (Å²) < 4.78 is 6.54. The van der Waals surface area contributed by atoms with E-state index < -0.39 is 0 Å². The molecule has 0 radical (unpaired) electrons. The van der Waals surface area contributed by atoms with Crippen molar-refractivity contribution in [2.45, 2.75) is 0 Å². The first-order valence-corrected chi connectivity index (χ1v) is 18.0. The average molecular weight is 693 g/mol. The predicted molar refractivity (Wildman–Crippen MR) is 221 cm³/mol. The molecule has 254 valence electrons. The molecule has 0 amide bonds. The summed E-state index contributed by atoms with van der Waals surface area (Å²) in [6.45, 7) is 0. The smallest absolute Gasteiger partial charge is 0.164 e. The van der Waals surface area contributed by atoms with Crippen LogP contribution in [0.4, 0.5) is 17.1 Å². The molecular weight excluding hydrogens is 661 g/mol. The normalized spacial score (nSPS) is 11.3. The van der Waals surface area contributed by atoms with Crippen LogP contribution in [0.3, 0.4) is 0 Å². The molecule has 0 spiro atoms. The molecular formula is C49H32N4O. The Kier molecular flexibility index (Phi) is 7.73. The molecule has 0 saturated heterocycles. The van der Waals surface area contributed by atoms with E-state index in [-0.39, 0.29) is 0 Å². The number of hydrogen-bond donors (Lipinski definition) is 0. The minimum absolute atomic E-state index is 0.578. The Morgan fingerprint density at radius 3 is 1.57 bits per heavy atom. The molecule has 10 rings (SSSR count). The van der Waals surface area contributed by atoms with E-state index in [4.69, 9.17) is 19.4 Å². The van der Waals surface area contributed by atoms with Crippen molar-refractivity contribution in [1.29, 1.82) is 0 Å². The number of furan rings is 1. The highest BCUT2D eigenvalue weighted by Crippen LogP contribution is 2.42. The number of anilines is 3. The van der Waals surface area contributed by atoms with Gasteiger partial charge in [0.2, 0.25) is 0 Å². The second-order valence-electron chi connectivity index (χ2n) is 13.3. The van der Waals surface area contributed by atoms with Gasteiger partial charge in [0.1, 0.15) is 11.2 Å². The fraction of sp³-hybridized carbons (Fsp3) is 0. The maximum absolute atomic E-state index is 6.54. The predicted octanol–water partition coefficient (Wildman–Crippen LogP) is 13.1. The van der Waals surface area contributed by atoms with Crippen molar-refractivity contribution in [2.24, 2.45) is 0 Å². The van der Waals surface area contributed by atoms with Gasteiger partial charge in [-0.2, -0.15) is 0 Å². The maximum Gasteiger partial charge on any atom is 0.164 e. The van der Waals surface area contributed by atoms with Gasteiger partial charge in [-0.1, -0.05) is 140 Å². The standard InChI is InChI=1S/C49H32N4O/c1-4-15-35(16-5-1)47-50-48(36-17-6-2-7-18-36)52-49(51-47)38-31-43(46-42-22-12-13-23-44(42)54-45(46)32-38)34-25-27-40(28-26-34)53(39-20-8-3-9-21-39)41-29-24-33-14-10-11-19-37(33)30-41/h1-32H. The lowest BCUT2D eigenvalue weighted by Gasteiger charge is -2.26. The summed E-state index contributed by atoms with van der Waals surface area (Å²) in [5, 5.41) is 4.52. The van der Waals surface area contributed by atoms with Gasteiger partial charge in [0.15, 0.2) is 17.5 Å². The van der Waals surface area contributed by atoms with Gasteiger partial charge < -0.3 is 9.32 Å². The first-order valence-electron chi connectivity index (χ1n) is 18.0. The zero-order valence-electron chi connectivity index (χ0n) is 29.2. The van der Waals surface area contributed by atoms with Gasteiger partial charge >= 0.3 is 0 Å². The van der Waals surface area contributed by atoms with Gasteiger partial charge in [0.05, 0.1) is 0 Å². The van der Waals surface area contributed by atoms with Crippen molar-refractivity contribution in [2.75, 3.05) is 4.90 Å². The Morgan fingerprint density at radius 2 is 0.889 bits per heavy atom. The molecule has 0 unspecified atom stereocenters. The zero-order valence-corrected chi connectivity index (χ0v) is 29.2. The van der Waals surface area contributed by atoms with Crippen LogP contribution in [-0.4, -0.2) is 15.0 Å². The van der Waals surface area contributed by atoms with Crippen molar-refractivity contribution < 1.29 is 4.42 Å². The van der Waals surface area contributed by atoms with E-state index in [9.17, 15) is 0 Å². The first kappa shape index (κ1) is 31.4. The van der Waals surface area contributed by atoms with Crippen molar-refractivity contribution in [3.63, 3.8) is 0 Å². The van der Waals surface area contributed by atoms with Crippen LogP contribution in [-0.2, 0) is 0 Å². The summed E-state index contributed by atoms with van der Waals surface area (Å²) in [4.78, 5) is 17.3. The van der Waals surface area contributed by atoms with Crippen LogP contribution in [0.1, 0.15) is 0 Å². The van der Waals surface area contributed by atoms with E-state index in [0.717, 1.165) is 66.8 Å². The Morgan fingerprint density at radius 1 is 0.352 bits per heavy atom. The third kappa shape index (κ3) is 5.74. The molecule has 8 aromatic carbocycles. The number of rotatable bonds is 7. The lowest BCUT2D eigenvalue weighted by molar-refractivity contribution is 0.669. The highest BCUT2D eigenvalue weighted by Gasteiger charge is 2.19. The Hall–Kier alpha value is -7.37. The lowest BCUT2D eigenvalue weighted by atomic mass is 9.96. The van der Waals surface area contributed by atoms with Gasteiger partial charge in [-0.25, -0.2) is 15.0 Å². The summed E-state index contributed by atoms with van der Waals surface area (Å²) in [5.74, 6) is 1.81. The lowest BCUT2D eigenvalue weighted by Crippen LogP contribution is -2.09. The molecule has 5 nitrogen and oxygen atoms in total. The van der Waals surface area contributed by atoms with Crippen molar-refractivity contribution in [3.8, 4) is 45.3 Å². The molecule has 5 heteroatoms. The maximum atomic E-state index is 6.54. The molecule has 0 saturated carbocycles. The topological polar surface area (TPSA) is 55.1 Å². The fourth-order valence-electron chi connectivity index (χ4n) is 7.28. The van der Waals surface area contributed by atoms with Crippen LogP contribution < -0.4 is 4.90 Å². The van der Waals surface area contributed by atoms with E-state index >= 15 is 0 Å². The number of benzene rings is 8. The highest BCUT2D eigenvalue weighted by molar-refractivity contribution is 6.13. The van der Waals surface area contributed by atoms with Gasteiger partial charge in [-0.05, 0) is 76.5 Å². The molecule has 2 heterocycles. The summed E-state index contributed by atoms with van der Waals surface area (Å²) in [7, 11) is 0. The van der Waals surface area contributed by atoms with E-state index in [1.54, 1.807) is 0 Å². The van der Waals surface area contributed by atoms with Crippen LogP contribution in [0.25, 0.3) is 78.0 Å². The summed E-state index contributed by atoms with van der Waals surface area (Å²) >= 11 is 0. The second kappa shape index (κ2) is 13.3.